The molecule has 6 nitrogen and oxygen atoms in total. The third-order valence-electron chi connectivity index (χ3n) is 3.27. The van der Waals surface area contributed by atoms with Gasteiger partial charge in [0.1, 0.15) is 5.69 Å². The first-order valence-corrected chi connectivity index (χ1v) is 6.69. The maximum Gasteiger partial charge on any atom is 0.229 e. The molecular formula is C15H16N4O2. The van der Waals surface area contributed by atoms with Crippen LogP contribution in [0.15, 0.2) is 40.9 Å². The molecule has 0 aliphatic carbocycles. The van der Waals surface area contributed by atoms with Crippen LogP contribution in [-0.2, 0) is 6.42 Å². The Morgan fingerprint density at radius 3 is 2.81 bits per heavy atom. The fourth-order valence-corrected chi connectivity index (χ4v) is 2.02. The van der Waals surface area contributed by atoms with E-state index in [1.54, 1.807) is 6.92 Å². The predicted molar refractivity (Wildman–Crippen MR) is 78.4 cm³/mol. The van der Waals surface area contributed by atoms with Crippen molar-refractivity contribution in [3.8, 4) is 11.5 Å². The van der Waals surface area contributed by atoms with Crippen molar-refractivity contribution in [2.75, 3.05) is 6.54 Å². The van der Waals surface area contributed by atoms with E-state index in [-0.39, 0.29) is 13.0 Å². The molecule has 0 aliphatic rings. The van der Waals surface area contributed by atoms with E-state index < -0.39 is 5.60 Å². The van der Waals surface area contributed by atoms with Gasteiger partial charge >= 0.3 is 0 Å². The van der Waals surface area contributed by atoms with Crippen molar-refractivity contribution >= 4 is 10.9 Å². The number of hydrogen-bond acceptors (Lipinski definition) is 6. The number of nitrogens with zero attached hydrogens (tertiary/aromatic N) is 3. The van der Waals surface area contributed by atoms with Crippen LogP contribution in [0.5, 0.6) is 0 Å². The van der Waals surface area contributed by atoms with Crippen LogP contribution < -0.4 is 5.73 Å². The van der Waals surface area contributed by atoms with Crippen LogP contribution in [0.1, 0.15) is 12.8 Å². The minimum Gasteiger partial charge on any atom is -0.388 e. The molecule has 0 bridgehead atoms. The first kappa shape index (κ1) is 13.7. The highest BCUT2D eigenvalue weighted by Gasteiger charge is 2.23. The summed E-state index contributed by atoms with van der Waals surface area (Å²) in [5, 5.41) is 14.9. The molecule has 0 saturated carbocycles. The topological polar surface area (TPSA) is 98.1 Å². The zero-order chi connectivity index (χ0) is 14.9. The van der Waals surface area contributed by atoms with Crippen LogP contribution in [-0.4, -0.2) is 32.4 Å². The Morgan fingerprint density at radius 2 is 2.00 bits per heavy atom. The number of aromatic nitrogens is 3. The Hall–Kier alpha value is -2.31. The zero-order valence-electron chi connectivity index (χ0n) is 11.7. The molecule has 0 spiro atoms. The Bertz CT molecular complexity index is 767. The number of nitrogens with two attached hydrogens (primary N) is 1. The summed E-state index contributed by atoms with van der Waals surface area (Å²) >= 11 is 0. The summed E-state index contributed by atoms with van der Waals surface area (Å²) in [6.45, 7) is 1.75. The summed E-state index contributed by atoms with van der Waals surface area (Å²) in [6.07, 6.45) is 0.212. The van der Waals surface area contributed by atoms with Gasteiger partial charge in [0.2, 0.25) is 11.7 Å². The van der Waals surface area contributed by atoms with E-state index in [0.29, 0.717) is 17.4 Å². The molecule has 21 heavy (non-hydrogen) atoms. The van der Waals surface area contributed by atoms with Crippen molar-refractivity contribution in [1.82, 2.24) is 15.1 Å². The minimum atomic E-state index is -1.05. The first-order valence-electron chi connectivity index (χ1n) is 6.69. The second-order valence-corrected chi connectivity index (χ2v) is 5.28. The Kier molecular flexibility index (Phi) is 3.40. The Labute approximate surface area is 121 Å². The summed E-state index contributed by atoms with van der Waals surface area (Å²) in [5.74, 6) is 0.749. The fourth-order valence-electron chi connectivity index (χ4n) is 2.02. The minimum absolute atomic E-state index is 0.124. The number of benzene rings is 1. The van der Waals surface area contributed by atoms with Gasteiger partial charge in [-0.15, -0.1) is 0 Å². The van der Waals surface area contributed by atoms with E-state index >= 15 is 0 Å². The summed E-state index contributed by atoms with van der Waals surface area (Å²) in [6, 6.07) is 11.6. The van der Waals surface area contributed by atoms with E-state index in [4.69, 9.17) is 10.3 Å². The molecule has 3 aromatic rings. The molecule has 2 aromatic heterocycles. The van der Waals surface area contributed by atoms with Gasteiger partial charge in [-0.05, 0) is 19.1 Å². The molecule has 0 aliphatic heterocycles. The maximum absolute atomic E-state index is 9.93. The van der Waals surface area contributed by atoms with Gasteiger partial charge in [0.15, 0.2) is 0 Å². The molecule has 108 valence electrons. The lowest BCUT2D eigenvalue weighted by molar-refractivity contribution is 0.0610. The van der Waals surface area contributed by atoms with E-state index in [9.17, 15) is 5.11 Å². The molecule has 0 radical (unpaired) electrons. The number of pyridine rings is 1. The van der Waals surface area contributed by atoms with Crippen molar-refractivity contribution in [3.05, 3.63) is 42.3 Å². The molecule has 1 aromatic carbocycles. The second-order valence-electron chi connectivity index (χ2n) is 5.28. The normalized spacial score (nSPS) is 14.2. The van der Waals surface area contributed by atoms with Crippen LogP contribution in [0.3, 0.4) is 0 Å². The average molecular weight is 284 g/mol. The monoisotopic (exact) mass is 284 g/mol. The van der Waals surface area contributed by atoms with Gasteiger partial charge in [-0.25, -0.2) is 4.98 Å². The lowest BCUT2D eigenvalue weighted by Gasteiger charge is -2.17. The highest BCUT2D eigenvalue weighted by molar-refractivity contribution is 5.80. The standard InChI is InChI=1S/C15H16N4O2/c1-15(20,9-16)8-13-18-14(19-21-13)12-7-6-10-4-2-3-5-11(10)17-12/h2-7,20H,8-9,16H2,1H3. The molecule has 1 unspecified atom stereocenters. The smallest absolute Gasteiger partial charge is 0.229 e. The fraction of sp³-hybridized carbons (Fsp3) is 0.267. The van der Waals surface area contributed by atoms with Crippen LogP contribution in [0.4, 0.5) is 0 Å². The third kappa shape index (κ3) is 2.91. The molecule has 0 saturated heterocycles. The third-order valence-corrected chi connectivity index (χ3v) is 3.27. The Morgan fingerprint density at radius 1 is 1.19 bits per heavy atom. The lowest BCUT2D eigenvalue weighted by Crippen LogP contribution is -2.36. The van der Waals surface area contributed by atoms with Crippen molar-refractivity contribution < 1.29 is 9.63 Å². The van der Waals surface area contributed by atoms with E-state index in [2.05, 4.69) is 15.1 Å². The van der Waals surface area contributed by atoms with Gasteiger partial charge < -0.3 is 15.4 Å². The van der Waals surface area contributed by atoms with Crippen molar-refractivity contribution in [2.24, 2.45) is 5.73 Å². The van der Waals surface area contributed by atoms with Gasteiger partial charge in [0, 0.05) is 11.9 Å². The van der Waals surface area contributed by atoms with E-state index in [1.807, 2.05) is 36.4 Å². The predicted octanol–water partition coefficient (Wildman–Crippen LogP) is 1.54. The van der Waals surface area contributed by atoms with Gasteiger partial charge in [-0.2, -0.15) is 4.98 Å². The highest BCUT2D eigenvalue weighted by atomic mass is 16.5. The first-order chi connectivity index (χ1) is 10.1. The van der Waals surface area contributed by atoms with Crippen LogP contribution in [0.2, 0.25) is 0 Å². The number of rotatable bonds is 4. The molecule has 3 N–H and O–H groups in total. The molecule has 0 amide bonds. The van der Waals surface area contributed by atoms with Gasteiger partial charge in [0.05, 0.1) is 17.5 Å². The van der Waals surface area contributed by atoms with E-state index in [1.165, 1.54) is 0 Å². The van der Waals surface area contributed by atoms with Gasteiger partial charge in [-0.1, -0.05) is 29.4 Å². The van der Waals surface area contributed by atoms with Crippen molar-refractivity contribution in [1.29, 1.82) is 0 Å². The van der Waals surface area contributed by atoms with Crippen LogP contribution in [0, 0.1) is 0 Å². The second kappa shape index (κ2) is 5.23. The molecule has 2 heterocycles. The average Bonchev–Trinajstić information content (AvgIpc) is 2.94. The van der Waals surface area contributed by atoms with Gasteiger partial charge in [0.25, 0.3) is 0 Å². The molecule has 6 heteroatoms. The van der Waals surface area contributed by atoms with Crippen molar-refractivity contribution in [2.45, 2.75) is 18.9 Å². The maximum atomic E-state index is 9.93. The van der Waals surface area contributed by atoms with Crippen LogP contribution in [0.25, 0.3) is 22.4 Å². The van der Waals surface area contributed by atoms with E-state index in [0.717, 1.165) is 10.9 Å². The summed E-state index contributed by atoms with van der Waals surface area (Å²) in [4.78, 5) is 8.77. The SMILES string of the molecule is CC(O)(CN)Cc1nc(-c2ccc3ccccc3n2)no1. The molecule has 1 atom stereocenters. The summed E-state index contributed by atoms with van der Waals surface area (Å²) in [5.41, 5.74) is 5.93. The summed E-state index contributed by atoms with van der Waals surface area (Å²) < 4.78 is 5.15. The largest absolute Gasteiger partial charge is 0.388 e. The van der Waals surface area contributed by atoms with Crippen LogP contribution >= 0.6 is 0 Å². The van der Waals surface area contributed by atoms with Crippen molar-refractivity contribution in [3.63, 3.8) is 0 Å². The zero-order valence-corrected chi connectivity index (χ0v) is 11.7. The molecular weight excluding hydrogens is 268 g/mol. The number of para-hydroxylation sites is 1. The number of fused-ring (bicyclic) bond motifs is 1. The number of hydrogen-bond donors (Lipinski definition) is 2. The summed E-state index contributed by atoms with van der Waals surface area (Å²) in [7, 11) is 0. The lowest BCUT2D eigenvalue weighted by atomic mass is 10.0. The quantitative estimate of drug-likeness (QED) is 0.754. The molecule has 3 rings (SSSR count). The molecule has 0 fully saturated rings. The highest BCUT2D eigenvalue weighted by Crippen LogP contribution is 2.19. The number of aliphatic hydroxyl groups is 1. The van der Waals surface area contributed by atoms with Gasteiger partial charge in [-0.3, -0.25) is 0 Å². The Balaban J connectivity index is 1.91.